The SMILES string of the molecule is O=C(Nc1ccc(Cl)c(Cl)c1)Nc1nc(-c2cccs2)cn1/N=C/c1ccccc1. The van der Waals surface area contributed by atoms with Gasteiger partial charge in [0.2, 0.25) is 5.95 Å². The summed E-state index contributed by atoms with van der Waals surface area (Å²) in [5, 5.41) is 12.6. The first-order valence-corrected chi connectivity index (χ1v) is 10.5. The number of benzene rings is 2. The van der Waals surface area contributed by atoms with E-state index in [1.54, 1.807) is 41.9 Å². The van der Waals surface area contributed by atoms with E-state index in [4.69, 9.17) is 23.2 Å². The largest absolute Gasteiger partial charge is 0.326 e. The van der Waals surface area contributed by atoms with Crippen LogP contribution in [0.1, 0.15) is 5.56 Å². The molecule has 0 radical (unpaired) electrons. The first-order chi connectivity index (χ1) is 14.6. The fourth-order valence-electron chi connectivity index (χ4n) is 2.59. The van der Waals surface area contributed by atoms with Crippen molar-refractivity contribution >= 4 is 58.4 Å². The third-order valence-corrected chi connectivity index (χ3v) is 5.63. The molecule has 0 fully saturated rings. The van der Waals surface area contributed by atoms with E-state index in [1.165, 1.54) is 4.68 Å². The van der Waals surface area contributed by atoms with Crippen molar-refractivity contribution in [2.24, 2.45) is 5.10 Å². The molecule has 6 nitrogen and oxygen atoms in total. The molecule has 0 spiro atoms. The van der Waals surface area contributed by atoms with Crippen LogP contribution in [0.2, 0.25) is 10.0 Å². The van der Waals surface area contributed by atoms with E-state index >= 15 is 0 Å². The summed E-state index contributed by atoms with van der Waals surface area (Å²) < 4.78 is 1.52. The molecule has 0 unspecified atom stereocenters. The maximum absolute atomic E-state index is 12.5. The van der Waals surface area contributed by atoms with E-state index in [1.807, 2.05) is 47.8 Å². The standard InChI is InChI=1S/C21H15Cl2N5OS/c22-16-9-8-15(11-17(16)23)25-21(29)27-20-26-18(19-7-4-10-30-19)13-28(20)24-12-14-5-2-1-3-6-14/h1-13H,(H2,25,26,27,29)/b24-12+. The van der Waals surface area contributed by atoms with Crippen molar-refractivity contribution in [2.45, 2.75) is 0 Å². The summed E-state index contributed by atoms with van der Waals surface area (Å²) in [7, 11) is 0. The zero-order valence-corrected chi connectivity index (χ0v) is 17.7. The van der Waals surface area contributed by atoms with Gasteiger partial charge < -0.3 is 5.32 Å². The number of urea groups is 1. The molecule has 0 aliphatic heterocycles. The highest BCUT2D eigenvalue weighted by atomic mass is 35.5. The number of nitrogens with one attached hydrogen (secondary N) is 2. The van der Waals surface area contributed by atoms with E-state index in [0.717, 1.165) is 10.4 Å². The van der Waals surface area contributed by atoms with Gasteiger partial charge in [-0.15, -0.1) is 11.3 Å². The molecule has 0 bridgehead atoms. The van der Waals surface area contributed by atoms with Crippen LogP contribution >= 0.6 is 34.5 Å². The molecule has 4 rings (SSSR count). The summed E-state index contributed by atoms with van der Waals surface area (Å²) in [6.07, 6.45) is 3.46. The Morgan fingerprint density at radius 3 is 2.60 bits per heavy atom. The molecule has 0 aliphatic carbocycles. The van der Waals surface area contributed by atoms with Gasteiger partial charge >= 0.3 is 6.03 Å². The Balaban J connectivity index is 1.58. The van der Waals surface area contributed by atoms with E-state index in [-0.39, 0.29) is 5.95 Å². The van der Waals surface area contributed by atoms with Crippen LogP contribution in [-0.4, -0.2) is 21.9 Å². The number of hydrogen-bond donors (Lipinski definition) is 2. The second kappa shape index (κ2) is 9.13. The average molecular weight is 456 g/mol. The lowest BCUT2D eigenvalue weighted by Gasteiger charge is -2.08. The number of carbonyl (C=O) groups excluding carboxylic acids is 1. The third kappa shape index (κ3) is 4.88. The van der Waals surface area contributed by atoms with Crippen molar-refractivity contribution in [3.63, 3.8) is 0 Å². The maximum atomic E-state index is 12.5. The van der Waals surface area contributed by atoms with Gasteiger partial charge in [-0.1, -0.05) is 59.6 Å². The van der Waals surface area contributed by atoms with Crippen molar-refractivity contribution in [1.29, 1.82) is 0 Å². The van der Waals surface area contributed by atoms with E-state index < -0.39 is 6.03 Å². The van der Waals surface area contributed by atoms with Crippen LogP contribution in [0.15, 0.2) is 77.3 Å². The highest BCUT2D eigenvalue weighted by Crippen LogP contribution is 2.27. The number of hydrogen-bond acceptors (Lipinski definition) is 4. The predicted molar refractivity (Wildman–Crippen MR) is 124 cm³/mol. The molecule has 0 atom stereocenters. The Bertz CT molecular complexity index is 1190. The van der Waals surface area contributed by atoms with E-state index in [0.29, 0.717) is 21.4 Å². The zero-order chi connectivity index (χ0) is 20.9. The summed E-state index contributed by atoms with van der Waals surface area (Å²) in [5.41, 5.74) is 2.14. The lowest BCUT2D eigenvalue weighted by molar-refractivity contribution is 0.262. The predicted octanol–water partition coefficient (Wildman–Crippen LogP) is 6.44. The first-order valence-electron chi connectivity index (χ1n) is 8.84. The van der Waals surface area contributed by atoms with E-state index in [2.05, 4.69) is 20.7 Å². The lowest BCUT2D eigenvalue weighted by Crippen LogP contribution is -2.21. The summed E-state index contributed by atoms with van der Waals surface area (Å²) in [6.45, 7) is 0. The molecule has 2 amide bonds. The van der Waals surface area contributed by atoms with Gasteiger partial charge in [0.1, 0.15) is 5.69 Å². The molecule has 150 valence electrons. The second-order valence-electron chi connectivity index (χ2n) is 6.13. The quantitative estimate of drug-likeness (QED) is 0.339. The number of aromatic nitrogens is 2. The molecular formula is C21H15Cl2N5OS. The molecule has 2 aromatic carbocycles. The minimum absolute atomic E-state index is 0.281. The Morgan fingerprint density at radius 1 is 1.03 bits per heavy atom. The Labute approximate surface area is 186 Å². The van der Waals surface area contributed by atoms with Gasteiger partial charge in [-0.05, 0) is 35.2 Å². The summed E-state index contributed by atoms with van der Waals surface area (Å²) in [6, 6.07) is 17.9. The maximum Gasteiger partial charge on any atom is 0.326 e. The highest BCUT2D eigenvalue weighted by Gasteiger charge is 2.13. The number of rotatable bonds is 5. The minimum Gasteiger partial charge on any atom is -0.308 e. The van der Waals surface area contributed by atoms with Crippen molar-refractivity contribution < 1.29 is 4.79 Å². The Hall–Kier alpha value is -3.13. The molecule has 2 N–H and O–H groups in total. The second-order valence-corrected chi connectivity index (χ2v) is 7.90. The number of halogens is 2. The van der Waals surface area contributed by atoms with Gasteiger partial charge in [0.05, 0.1) is 27.3 Å². The Kier molecular flexibility index (Phi) is 6.13. The normalized spacial score (nSPS) is 11.0. The average Bonchev–Trinajstić information content (AvgIpc) is 3.40. The summed E-state index contributed by atoms with van der Waals surface area (Å²) in [4.78, 5) is 18.0. The van der Waals surface area contributed by atoms with Crippen LogP contribution < -0.4 is 10.6 Å². The van der Waals surface area contributed by atoms with Gasteiger partial charge in [0.15, 0.2) is 0 Å². The van der Waals surface area contributed by atoms with Gasteiger partial charge in [-0.2, -0.15) is 5.10 Å². The number of imidazole rings is 1. The van der Waals surface area contributed by atoms with Gasteiger partial charge in [0.25, 0.3) is 0 Å². The van der Waals surface area contributed by atoms with Crippen LogP contribution in [-0.2, 0) is 0 Å². The number of thiophene rings is 1. The fourth-order valence-corrected chi connectivity index (χ4v) is 3.57. The third-order valence-electron chi connectivity index (χ3n) is 4.00. The summed E-state index contributed by atoms with van der Waals surface area (Å²) in [5.74, 6) is 0.281. The van der Waals surface area contributed by atoms with Crippen molar-refractivity contribution in [3.05, 3.63) is 87.8 Å². The molecule has 0 saturated heterocycles. The lowest BCUT2D eigenvalue weighted by atomic mass is 10.2. The van der Waals surface area contributed by atoms with Crippen molar-refractivity contribution in [2.75, 3.05) is 10.6 Å². The smallest absolute Gasteiger partial charge is 0.308 e. The van der Waals surface area contributed by atoms with Crippen LogP contribution in [0.3, 0.4) is 0 Å². The molecule has 0 aliphatic rings. The fraction of sp³-hybridized carbons (Fsp3) is 0. The number of anilines is 2. The topological polar surface area (TPSA) is 71.3 Å². The first kappa shape index (κ1) is 20.2. The number of nitrogens with zero attached hydrogens (tertiary/aromatic N) is 3. The van der Waals surface area contributed by atoms with Crippen LogP contribution in [0.4, 0.5) is 16.4 Å². The molecular weight excluding hydrogens is 441 g/mol. The molecule has 9 heteroatoms. The summed E-state index contributed by atoms with van der Waals surface area (Å²) >= 11 is 13.5. The zero-order valence-electron chi connectivity index (χ0n) is 15.4. The van der Waals surface area contributed by atoms with Crippen molar-refractivity contribution in [3.8, 4) is 10.6 Å². The van der Waals surface area contributed by atoms with Gasteiger partial charge in [0, 0.05) is 5.69 Å². The van der Waals surface area contributed by atoms with Crippen molar-refractivity contribution in [1.82, 2.24) is 9.66 Å². The van der Waals surface area contributed by atoms with Gasteiger partial charge in [-0.3, -0.25) is 5.32 Å². The molecule has 4 aromatic rings. The number of amides is 2. The molecule has 0 saturated carbocycles. The molecule has 30 heavy (non-hydrogen) atoms. The van der Waals surface area contributed by atoms with Crippen LogP contribution in [0.5, 0.6) is 0 Å². The van der Waals surface area contributed by atoms with E-state index in [9.17, 15) is 4.79 Å². The van der Waals surface area contributed by atoms with Crippen LogP contribution in [0.25, 0.3) is 10.6 Å². The Morgan fingerprint density at radius 2 is 1.87 bits per heavy atom. The number of carbonyl (C=O) groups is 1. The minimum atomic E-state index is -0.479. The van der Waals surface area contributed by atoms with Gasteiger partial charge in [-0.25, -0.2) is 14.5 Å². The molecule has 2 heterocycles. The van der Waals surface area contributed by atoms with Crippen LogP contribution in [0, 0.1) is 0 Å². The molecule has 2 aromatic heterocycles. The monoisotopic (exact) mass is 455 g/mol. The highest BCUT2D eigenvalue weighted by molar-refractivity contribution is 7.13.